The topological polar surface area (TPSA) is 46.3 Å². The number of hydrogen-bond acceptors (Lipinski definition) is 2. The molecular weight excluding hydrogens is 363 g/mol. The highest BCUT2D eigenvalue weighted by atomic mass is 35.5. The first kappa shape index (κ1) is 19.6. The van der Waals surface area contributed by atoms with Crippen molar-refractivity contribution in [3.05, 3.63) is 76.6 Å². The van der Waals surface area contributed by atoms with Crippen molar-refractivity contribution in [3.8, 4) is 0 Å². The Labute approximate surface area is 164 Å². The van der Waals surface area contributed by atoms with Crippen molar-refractivity contribution in [2.24, 2.45) is 5.73 Å². The van der Waals surface area contributed by atoms with Crippen molar-refractivity contribution < 1.29 is 9.18 Å². The number of nitrogens with zero attached hydrogens (tertiary/aromatic N) is 1. The molecule has 3 rings (SSSR count). The molecule has 1 amide bonds. The van der Waals surface area contributed by atoms with Crippen LogP contribution in [0, 0.1) is 5.82 Å². The van der Waals surface area contributed by atoms with Gasteiger partial charge in [0.25, 0.3) is 0 Å². The van der Waals surface area contributed by atoms with Crippen molar-refractivity contribution in [1.82, 2.24) is 4.90 Å². The maximum atomic E-state index is 14.4. The van der Waals surface area contributed by atoms with Crippen LogP contribution in [0.4, 0.5) is 4.39 Å². The molecule has 0 radical (unpaired) electrons. The summed E-state index contributed by atoms with van der Waals surface area (Å²) < 4.78 is 14.4. The Kier molecular flexibility index (Phi) is 6.30. The van der Waals surface area contributed by atoms with Crippen LogP contribution in [0.1, 0.15) is 43.4 Å². The van der Waals surface area contributed by atoms with E-state index in [0.29, 0.717) is 23.6 Å². The first-order chi connectivity index (χ1) is 13.0. The van der Waals surface area contributed by atoms with E-state index in [1.165, 1.54) is 12.1 Å². The number of hydrogen-bond donors (Lipinski definition) is 1. The van der Waals surface area contributed by atoms with Crippen LogP contribution in [0.2, 0.25) is 5.02 Å². The minimum atomic E-state index is -0.548. The van der Waals surface area contributed by atoms with E-state index in [1.54, 1.807) is 11.0 Å². The lowest BCUT2D eigenvalue weighted by molar-refractivity contribution is -0.133. The number of carbonyl (C=O) groups excluding carboxylic acids is 1. The van der Waals surface area contributed by atoms with E-state index < -0.39 is 6.04 Å². The quantitative estimate of drug-likeness (QED) is 0.762. The highest BCUT2D eigenvalue weighted by Crippen LogP contribution is 2.36. The average molecular weight is 387 g/mol. The molecule has 1 heterocycles. The Morgan fingerprint density at radius 3 is 2.74 bits per heavy atom. The van der Waals surface area contributed by atoms with Gasteiger partial charge in [0.2, 0.25) is 5.91 Å². The molecule has 2 unspecified atom stereocenters. The van der Waals surface area contributed by atoms with Crippen molar-refractivity contribution >= 4 is 23.1 Å². The van der Waals surface area contributed by atoms with Crippen molar-refractivity contribution in [2.75, 3.05) is 6.54 Å². The van der Waals surface area contributed by atoms with Gasteiger partial charge in [0, 0.05) is 17.1 Å². The molecule has 1 aliphatic heterocycles. The summed E-state index contributed by atoms with van der Waals surface area (Å²) in [7, 11) is 0. The van der Waals surface area contributed by atoms with Crippen molar-refractivity contribution in [1.29, 1.82) is 0 Å². The fourth-order valence-electron chi connectivity index (χ4n) is 3.44. The Hall–Kier alpha value is -2.17. The maximum Gasteiger partial charge on any atom is 0.240 e. The summed E-state index contributed by atoms with van der Waals surface area (Å²) in [6, 6.07) is 13.4. The summed E-state index contributed by atoms with van der Waals surface area (Å²) in [6.45, 7) is 2.39. The van der Waals surface area contributed by atoms with E-state index in [9.17, 15) is 9.18 Å². The zero-order valence-corrected chi connectivity index (χ0v) is 16.1. The van der Waals surface area contributed by atoms with Crippen LogP contribution in [-0.4, -0.2) is 23.4 Å². The fraction of sp³-hybridized carbons (Fsp3) is 0.318. The largest absolute Gasteiger partial charge is 0.326 e. The number of amides is 1. The molecule has 0 saturated heterocycles. The number of nitrogens with two attached hydrogens (primary N) is 1. The van der Waals surface area contributed by atoms with Gasteiger partial charge in [-0.15, -0.1) is 0 Å². The van der Waals surface area contributed by atoms with E-state index in [2.05, 4.69) is 6.92 Å². The smallest absolute Gasteiger partial charge is 0.240 e. The Balaban J connectivity index is 1.94. The molecule has 5 heteroatoms. The van der Waals surface area contributed by atoms with Gasteiger partial charge in [0.05, 0.1) is 12.1 Å². The van der Waals surface area contributed by atoms with Crippen LogP contribution in [0.15, 0.2) is 54.6 Å². The number of halogens is 2. The average Bonchev–Trinajstić information content (AvgIpc) is 3.13. The number of rotatable bonds is 6. The fourth-order valence-corrected chi connectivity index (χ4v) is 3.61. The predicted molar refractivity (Wildman–Crippen MR) is 108 cm³/mol. The summed E-state index contributed by atoms with van der Waals surface area (Å²) in [4.78, 5) is 14.8. The Morgan fingerprint density at radius 2 is 2.04 bits per heavy atom. The predicted octanol–water partition coefficient (Wildman–Crippen LogP) is 4.96. The molecule has 0 bridgehead atoms. The molecule has 1 aliphatic rings. The zero-order chi connectivity index (χ0) is 19.4. The Bertz CT molecular complexity index is 837. The highest BCUT2D eigenvalue weighted by Gasteiger charge is 2.33. The minimum Gasteiger partial charge on any atom is -0.326 e. The number of benzene rings is 2. The van der Waals surface area contributed by atoms with E-state index in [1.807, 2.05) is 36.4 Å². The summed E-state index contributed by atoms with van der Waals surface area (Å²) in [5.41, 5.74) is 8.31. The molecule has 0 fully saturated rings. The lowest BCUT2D eigenvalue weighted by atomic mass is 10.0. The van der Waals surface area contributed by atoms with Crippen LogP contribution in [0.25, 0.3) is 5.57 Å². The number of carbonyl (C=O) groups is 1. The lowest BCUT2D eigenvalue weighted by Crippen LogP contribution is -2.43. The lowest BCUT2D eigenvalue weighted by Gasteiger charge is -2.28. The number of unbranched alkanes of at least 4 members (excludes halogenated alkanes) is 1. The molecule has 3 nitrogen and oxygen atoms in total. The van der Waals surface area contributed by atoms with Crippen molar-refractivity contribution in [3.63, 3.8) is 0 Å². The molecular formula is C22H24ClFN2O. The maximum absolute atomic E-state index is 14.4. The third kappa shape index (κ3) is 4.40. The van der Waals surface area contributed by atoms with E-state index in [4.69, 9.17) is 17.3 Å². The van der Waals surface area contributed by atoms with Crippen molar-refractivity contribution in [2.45, 2.75) is 38.3 Å². The van der Waals surface area contributed by atoms with Crippen LogP contribution in [0.5, 0.6) is 0 Å². The second-order valence-corrected chi connectivity index (χ2v) is 7.32. The summed E-state index contributed by atoms with van der Waals surface area (Å²) in [6.07, 6.45) is 4.48. The first-order valence-electron chi connectivity index (χ1n) is 9.28. The third-order valence-electron chi connectivity index (χ3n) is 4.92. The first-order valence-corrected chi connectivity index (χ1v) is 9.66. The second-order valence-electron chi connectivity index (χ2n) is 6.89. The molecule has 2 N–H and O–H groups in total. The van der Waals surface area contributed by atoms with Gasteiger partial charge in [-0.3, -0.25) is 4.79 Å². The van der Waals surface area contributed by atoms with Crippen LogP contribution >= 0.6 is 11.6 Å². The molecule has 2 atom stereocenters. The Morgan fingerprint density at radius 1 is 1.30 bits per heavy atom. The molecule has 2 aromatic rings. The molecule has 0 aliphatic carbocycles. The molecule has 0 spiro atoms. The van der Waals surface area contributed by atoms with E-state index in [-0.39, 0.29) is 17.8 Å². The molecule has 27 heavy (non-hydrogen) atoms. The SMILES string of the molecule is CCCCC(N)C(=O)N1CC(c2cc(Cl)ccc2F)=CC1c1ccccc1. The van der Waals surface area contributed by atoms with Crippen LogP contribution < -0.4 is 5.73 Å². The van der Waals surface area contributed by atoms with E-state index >= 15 is 0 Å². The molecule has 2 aromatic carbocycles. The normalized spacial score (nSPS) is 17.7. The standard InChI is InChI=1S/C22H24ClFN2O/c1-2-3-9-20(25)22(27)26-14-16(18-13-17(23)10-11-19(18)24)12-21(26)15-7-5-4-6-8-15/h4-8,10-13,20-21H,2-3,9,14,25H2,1H3. The van der Waals surface area contributed by atoms with Gasteiger partial charge >= 0.3 is 0 Å². The minimum absolute atomic E-state index is 0.106. The van der Waals surface area contributed by atoms with Gasteiger partial charge in [-0.05, 0) is 35.8 Å². The summed E-state index contributed by atoms with van der Waals surface area (Å²) in [5, 5.41) is 0.466. The third-order valence-corrected chi connectivity index (χ3v) is 5.16. The van der Waals surface area contributed by atoms with Gasteiger partial charge < -0.3 is 10.6 Å². The van der Waals surface area contributed by atoms with E-state index in [0.717, 1.165) is 24.0 Å². The van der Waals surface area contributed by atoms with Crippen LogP contribution in [0.3, 0.4) is 0 Å². The monoisotopic (exact) mass is 386 g/mol. The molecule has 142 valence electrons. The second kappa shape index (κ2) is 8.68. The van der Waals surface area contributed by atoms with Gasteiger partial charge in [0.1, 0.15) is 5.82 Å². The van der Waals surface area contributed by atoms with Gasteiger partial charge in [-0.25, -0.2) is 4.39 Å². The van der Waals surface area contributed by atoms with Crippen LogP contribution in [-0.2, 0) is 4.79 Å². The molecule has 0 saturated carbocycles. The summed E-state index contributed by atoms with van der Waals surface area (Å²) in [5.74, 6) is -0.451. The van der Waals surface area contributed by atoms with Gasteiger partial charge in [-0.1, -0.05) is 67.8 Å². The zero-order valence-electron chi connectivity index (χ0n) is 15.4. The highest BCUT2D eigenvalue weighted by molar-refractivity contribution is 6.30. The summed E-state index contributed by atoms with van der Waals surface area (Å²) >= 11 is 6.06. The van der Waals surface area contributed by atoms with Gasteiger partial charge in [-0.2, -0.15) is 0 Å². The molecule has 0 aromatic heterocycles. The van der Waals surface area contributed by atoms with Gasteiger partial charge in [0.15, 0.2) is 0 Å².